The summed E-state index contributed by atoms with van der Waals surface area (Å²) in [6.07, 6.45) is 0. The van der Waals surface area contributed by atoms with Crippen molar-refractivity contribution in [2.45, 2.75) is 39.9 Å². The molecule has 18 heavy (non-hydrogen) atoms. The van der Waals surface area contributed by atoms with Crippen LogP contribution in [-0.4, -0.2) is 17.5 Å². The Morgan fingerprint density at radius 2 is 2.00 bits per heavy atom. The summed E-state index contributed by atoms with van der Waals surface area (Å²) in [6.45, 7) is 9.44. The van der Waals surface area contributed by atoms with E-state index in [0.717, 1.165) is 13.1 Å². The standard InChI is InChI=1S/C15H22N2S/c1-4-17(11(2)3)10-13-12-7-5-6-8-14(12)18-15(13)9-16/h5-8,11H,4,9-10,16H2,1-3H3. The zero-order valence-corrected chi connectivity index (χ0v) is 12.3. The van der Waals surface area contributed by atoms with Crippen LogP contribution < -0.4 is 5.73 Å². The zero-order chi connectivity index (χ0) is 13.1. The van der Waals surface area contributed by atoms with Gasteiger partial charge in [0.25, 0.3) is 0 Å². The van der Waals surface area contributed by atoms with Gasteiger partial charge in [-0.3, -0.25) is 4.90 Å². The lowest BCUT2D eigenvalue weighted by Gasteiger charge is -2.25. The van der Waals surface area contributed by atoms with E-state index in [2.05, 4.69) is 49.9 Å². The Morgan fingerprint density at radius 1 is 1.28 bits per heavy atom. The van der Waals surface area contributed by atoms with Gasteiger partial charge >= 0.3 is 0 Å². The first kappa shape index (κ1) is 13.5. The molecule has 2 N–H and O–H groups in total. The molecule has 2 rings (SSSR count). The highest BCUT2D eigenvalue weighted by molar-refractivity contribution is 7.19. The number of hydrogen-bond donors (Lipinski definition) is 1. The van der Waals surface area contributed by atoms with Crippen molar-refractivity contribution in [3.05, 3.63) is 34.7 Å². The van der Waals surface area contributed by atoms with Crippen LogP contribution in [0, 0.1) is 0 Å². The first-order chi connectivity index (χ1) is 8.67. The van der Waals surface area contributed by atoms with E-state index in [1.807, 2.05) is 11.3 Å². The van der Waals surface area contributed by atoms with E-state index >= 15 is 0 Å². The van der Waals surface area contributed by atoms with Crippen molar-refractivity contribution in [2.24, 2.45) is 5.73 Å². The lowest BCUT2D eigenvalue weighted by atomic mass is 10.1. The second-order valence-electron chi connectivity index (χ2n) is 4.86. The van der Waals surface area contributed by atoms with Gasteiger partial charge in [0.15, 0.2) is 0 Å². The smallest absolute Gasteiger partial charge is 0.0349 e. The van der Waals surface area contributed by atoms with E-state index in [4.69, 9.17) is 5.73 Å². The van der Waals surface area contributed by atoms with Crippen LogP contribution in [0.25, 0.3) is 10.1 Å². The third kappa shape index (κ3) is 2.58. The summed E-state index contributed by atoms with van der Waals surface area (Å²) in [5, 5.41) is 1.38. The molecule has 0 aliphatic rings. The predicted molar refractivity (Wildman–Crippen MR) is 80.9 cm³/mol. The van der Waals surface area contributed by atoms with Crippen molar-refractivity contribution in [3.8, 4) is 0 Å². The van der Waals surface area contributed by atoms with Gasteiger partial charge in [-0.15, -0.1) is 11.3 Å². The van der Waals surface area contributed by atoms with Gasteiger partial charge in [-0.1, -0.05) is 25.1 Å². The van der Waals surface area contributed by atoms with Gasteiger partial charge in [-0.25, -0.2) is 0 Å². The summed E-state index contributed by atoms with van der Waals surface area (Å²) in [6, 6.07) is 9.19. The minimum absolute atomic E-state index is 0.569. The van der Waals surface area contributed by atoms with Crippen LogP contribution >= 0.6 is 11.3 Å². The third-order valence-corrected chi connectivity index (χ3v) is 4.70. The molecule has 1 aromatic carbocycles. The fourth-order valence-electron chi connectivity index (χ4n) is 2.35. The molecule has 0 saturated carbocycles. The average molecular weight is 262 g/mol. The molecule has 0 saturated heterocycles. The second-order valence-corrected chi connectivity index (χ2v) is 6.00. The normalized spacial score (nSPS) is 11.9. The van der Waals surface area contributed by atoms with Crippen LogP contribution in [0.4, 0.5) is 0 Å². The molecule has 1 aromatic heterocycles. The maximum atomic E-state index is 5.90. The number of nitrogens with zero attached hydrogens (tertiary/aromatic N) is 1. The molecule has 0 unspecified atom stereocenters. The van der Waals surface area contributed by atoms with Crippen LogP contribution in [-0.2, 0) is 13.1 Å². The summed E-state index contributed by atoms with van der Waals surface area (Å²) < 4.78 is 1.35. The van der Waals surface area contributed by atoms with E-state index in [1.165, 1.54) is 20.5 Å². The fourth-order valence-corrected chi connectivity index (χ4v) is 3.44. The van der Waals surface area contributed by atoms with Crippen molar-refractivity contribution >= 4 is 21.4 Å². The summed E-state index contributed by atoms with van der Waals surface area (Å²) in [4.78, 5) is 3.81. The van der Waals surface area contributed by atoms with E-state index < -0.39 is 0 Å². The highest BCUT2D eigenvalue weighted by atomic mass is 32.1. The highest BCUT2D eigenvalue weighted by Gasteiger charge is 2.15. The van der Waals surface area contributed by atoms with Crippen LogP contribution in [0.15, 0.2) is 24.3 Å². The Bertz CT molecular complexity index is 516. The van der Waals surface area contributed by atoms with Crippen molar-refractivity contribution in [3.63, 3.8) is 0 Å². The minimum Gasteiger partial charge on any atom is -0.326 e. The Morgan fingerprint density at radius 3 is 2.61 bits per heavy atom. The monoisotopic (exact) mass is 262 g/mol. The zero-order valence-electron chi connectivity index (χ0n) is 11.4. The Kier molecular flexibility index (Phi) is 4.38. The fraction of sp³-hybridized carbons (Fsp3) is 0.467. The van der Waals surface area contributed by atoms with Gasteiger partial charge in [0.1, 0.15) is 0 Å². The maximum absolute atomic E-state index is 5.90. The summed E-state index contributed by atoms with van der Waals surface area (Å²) in [5.41, 5.74) is 7.32. The molecule has 0 amide bonds. The highest BCUT2D eigenvalue weighted by Crippen LogP contribution is 2.32. The van der Waals surface area contributed by atoms with Crippen molar-refractivity contribution < 1.29 is 0 Å². The third-order valence-electron chi connectivity index (χ3n) is 3.47. The van der Waals surface area contributed by atoms with E-state index in [-0.39, 0.29) is 0 Å². The molecule has 0 radical (unpaired) electrons. The van der Waals surface area contributed by atoms with Gasteiger partial charge in [0.05, 0.1) is 0 Å². The number of thiophene rings is 1. The number of benzene rings is 1. The first-order valence-corrected chi connectivity index (χ1v) is 7.42. The molecule has 98 valence electrons. The number of fused-ring (bicyclic) bond motifs is 1. The molecule has 0 bridgehead atoms. The van der Waals surface area contributed by atoms with Gasteiger partial charge in [0, 0.05) is 28.7 Å². The van der Waals surface area contributed by atoms with Crippen molar-refractivity contribution in [1.29, 1.82) is 0 Å². The summed E-state index contributed by atoms with van der Waals surface area (Å²) in [7, 11) is 0. The van der Waals surface area contributed by atoms with Crippen LogP contribution in [0.3, 0.4) is 0 Å². The molecular weight excluding hydrogens is 240 g/mol. The Labute approximate surface area is 113 Å². The molecule has 0 spiro atoms. The molecular formula is C15H22N2S. The topological polar surface area (TPSA) is 29.3 Å². The van der Waals surface area contributed by atoms with Crippen LogP contribution in [0.1, 0.15) is 31.2 Å². The maximum Gasteiger partial charge on any atom is 0.0349 e. The van der Waals surface area contributed by atoms with Crippen LogP contribution in [0.5, 0.6) is 0 Å². The molecule has 0 aliphatic heterocycles. The van der Waals surface area contributed by atoms with Crippen molar-refractivity contribution in [2.75, 3.05) is 6.54 Å². The molecule has 2 aromatic rings. The van der Waals surface area contributed by atoms with Gasteiger partial charge in [0.2, 0.25) is 0 Å². The van der Waals surface area contributed by atoms with E-state index in [9.17, 15) is 0 Å². The van der Waals surface area contributed by atoms with E-state index in [1.54, 1.807) is 0 Å². The molecule has 0 aliphatic carbocycles. The predicted octanol–water partition coefficient (Wildman–Crippen LogP) is 3.59. The summed E-state index contributed by atoms with van der Waals surface area (Å²) in [5.74, 6) is 0. The first-order valence-electron chi connectivity index (χ1n) is 6.60. The van der Waals surface area contributed by atoms with Gasteiger partial charge in [-0.05, 0) is 37.4 Å². The second kappa shape index (κ2) is 5.83. The summed E-state index contributed by atoms with van der Waals surface area (Å²) >= 11 is 1.84. The number of nitrogens with two attached hydrogens (primary N) is 1. The molecule has 0 atom stereocenters. The Balaban J connectivity index is 2.41. The number of hydrogen-bond acceptors (Lipinski definition) is 3. The molecule has 2 nitrogen and oxygen atoms in total. The lowest BCUT2D eigenvalue weighted by Crippen LogP contribution is -2.30. The van der Waals surface area contributed by atoms with Crippen LogP contribution in [0.2, 0.25) is 0 Å². The quantitative estimate of drug-likeness (QED) is 0.892. The van der Waals surface area contributed by atoms with Gasteiger partial charge < -0.3 is 5.73 Å². The molecule has 0 fully saturated rings. The average Bonchev–Trinajstić information content (AvgIpc) is 2.73. The largest absolute Gasteiger partial charge is 0.326 e. The van der Waals surface area contributed by atoms with Gasteiger partial charge in [-0.2, -0.15) is 0 Å². The minimum atomic E-state index is 0.569. The Hall–Kier alpha value is -0.900. The number of rotatable bonds is 5. The van der Waals surface area contributed by atoms with E-state index in [0.29, 0.717) is 12.6 Å². The molecule has 3 heteroatoms. The molecule has 1 heterocycles. The lowest BCUT2D eigenvalue weighted by molar-refractivity contribution is 0.225. The van der Waals surface area contributed by atoms with Crippen molar-refractivity contribution in [1.82, 2.24) is 4.90 Å². The SMILES string of the molecule is CCN(Cc1c(CN)sc2ccccc12)C(C)C.